The zero-order valence-corrected chi connectivity index (χ0v) is 16.1. The number of aromatic nitrogens is 2. The number of rotatable bonds is 6. The maximum absolute atomic E-state index is 12.8. The maximum atomic E-state index is 12.8. The minimum Gasteiger partial charge on any atom is -0.341 e. The molecule has 0 aliphatic carbocycles. The third-order valence-corrected chi connectivity index (χ3v) is 6.01. The predicted molar refractivity (Wildman–Crippen MR) is 104 cm³/mol. The molecule has 0 amide bonds. The second kappa shape index (κ2) is 7.61. The summed E-state index contributed by atoms with van der Waals surface area (Å²) in [6.45, 7) is 3.63. The highest BCUT2D eigenvalue weighted by Gasteiger charge is 2.24. The zero-order valence-electron chi connectivity index (χ0n) is 14.5. The number of aromatic amines is 1. The Labute approximate surface area is 158 Å². The molecule has 0 fully saturated rings. The molecule has 26 heavy (non-hydrogen) atoms. The fourth-order valence-corrected chi connectivity index (χ4v) is 4.51. The van der Waals surface area contributed by atoms with Gasteiger partial charge in [-0.1, -0.05) is 48.9 Å². The summed E-state index contributed by atoms with van der Waals surface area (Å²) in [5, 5.41) is 0.507. The molecule has 136 valence electrons. The Morgan fingerprint density at radius 3 is 2.58 bits per heavy atom. The minimum absolute atomic E-state index is 0.218. The van der Waals surface area contributed by atoms with Gasteiger partial charge in [0.1, 0.15) is 5.82 Å². The summed E-state index contributed by atoms with van der Waals surface area (Å²) in [5.41, 5.74) is 2.45. The average Bonchev–Trinajstić information content (AvgIpc) is 3.10. The summed E-state index contributed by atoms with van der Waals surface area (Å²) in [4.78, 5) is 7.81. The summed E-state index contributed by atoms with van der Waals surface area (Å²) < 4.78 is 28.3. The third-order valence-electron chi connectivity index (χ3n) is 4.14. The van der Waals surface area contributed by atoms with E-state index in [4.69, 9.17) is 11.6 Å². The number of nitrogens with one attached hydrogen (secondary N) is 2. The molecule has 3 aromatic rings. The number of benzene rings is 2. The zero-order chi connectivity index (χ0) is 18.7. The first kappa shape index (κ1) is 18.6. The van der Waals surface area contributed by atoms with E-state index in [1.165, 1.54) is 6.07 Å². The largest absolute Gasteiger partial charge is 0.341 e. The molecule has 7 heteroatoms. The molecule has 2 aromatic carbocycles. The van der Waals surface area contributed by atoms with Crippen molar-refractivity contribution >= 4 is 21.6 Å². The van der Waals surface area contributed by atoms with E-state index < -0.39 is 16.1 Å². The van der Waals surface area contributed by atoms with Crippen molar-refractivity contribution in [3.05, 3.63) is 71.1 Å². The van der Waals surface area contributed by atoms with Gasteiger partial charge in [-0.15, -0.1) is 0 Å². The molecule has 5 nitrogen and oxygen atoms in total. The van der Waals surface area contributed by atoms with Crippen molar-refractivity contribution in [1.29, 1.82) is 0 Å². The van der Waals surface area contributed by atoms with E-state index in [-0.39, 0.29) is 4.90 Å². The fourth-order valence-electron chi connectivity index (χ4n) is 2.78. The van der Waals surface area contributed by atoms with E-state index in [0.717, 1.165) is 11.3 Å². The van der Waals surface area contributed by atoms with Crippen molar-refractivity contribution in [2.75, 3.05) is 0 Å². The lowest BCUT2D eigenvalue weighted by Gasteiger charge is -2.16. The summed E-state index contributed by atoms with van der Waals surface area (Å²) in [6.07, 6.45) is 2.28. The topological polar surface area (TPSA) is 74.8 Å². The Kier molecular flexibility index (Phi) is 5.46. The lowest BCUT2D eigenvalue weighted by molar-refractivity contribution is 0.539. The van der Waals surface area contributed by atoms with Crippen LogP contribution in [0.25, 0.3) is 11.3 Å². The van der Waals surface area contributed by atoms with Gasteiger partial charge in [0.05, 0.1) is 22.8 Å². The van der Waals surface area contributed by atoms with Crippen LogP contribution in [0, 0.1) is 6.92 Å². The van der Waals surface area contributed by atoms with Gasteiger partial charge in [-0.05, 0) is 42.7 Å². The van der Waals surface area contributed by atoms with Crippen molar-refractivity contribution in [3.63, 3.8) is 0 Å². The Balaban J connectivity index is 1.87. The highest BCUT2D eigenvalue weighted by atomic mass is 35.5. The van der Waals surface area contributed by atoms with E-state index in [1.54, 1.807) is 25.3 Å². The van der Waals surface area contributed by atoms with Crippen LogP contribution < -0.4 is 4.72 Å². The number of imidazole rings is 1. The fraction of sp³-hybridized carbons (Fsp3) is 0.211. The summed E-state index contributed by atoms with van der Waals surface area (Å²) in [6, 6.07) is 14.1. The second-order valence-electron chi connectivity index (χ2n) is 6.04. The SMILES string of the molecule is CCC(NS(=O)(=O)c1ccc(Cl)cc1C)c1ncc(-c2ccccc2)[nH]1. The van der Waals surface area contributed by atoms with Gasteiger partial charge in [-0.2, -0.15) is 0 Å². The molecular weight excluding hydrogens is 370 g/mol. The van der Waals surface area contributed by atoms with Gasteiger partial charge in [0.25, 0.3) is 0 Å². The predicted octanol–water partition coefficient (Wildman–Crippen LogP) is 4.47. The van der Waals surface area contributed by atoms with Crippen molar-refractivity contribution in [2.24, 2.45) is 0 Å². The molecule has 0 bridgehead atoms. The standard InChI is InChI=1S/C19H20ClN3O2S/c1-3-16(19-21-12-17(22-19)14-7-5-4-6-8-14)23-26(24,25)18-10-9-15(20)11-13(18)2/h4-12,16,23H,3H2,1-2H3,(H,21,22). The van der Waals surface area contributed by atoms with Crippen molar-refractivity contribution in [1.82, 2.24) is 14.7 Å². The highest BCUT2D eigenvalue weighted by molar-refractivity contribution is 7.89. The first-order valence-electron chi connectivity index (χ1n) is 8.29. The molecule has 0 aliphatic rings. The minimum atomic E-state index is -3.69. The van der Waals surface area contributed by atoms with Crippen LogP contribution in [0.2, 0.25) is 5.02 Å². The number of nitrogens with zero attached hydrogens (tertiary/aromatic N) is 1. The molecule has 2 N–H and O–H groups in total. The number of H-pyrrole nitrogens is 1. The molecule has 0 spiro atoms. The Hall–Kier alpha value is -2.15. The van der Waals surface area contributed by atoms with Gasteiger partial charge < -0.3 is 4.98 Å². The van der Waals surface area contributed by atoms with Gasteiger partial charge in [0.15, 0.2) is 0 Å². The lowest BCUT2D eigenvalue weighted by Crippen LogP contribution is -2.29. The summed E-state index contributed by atoms with van der Waals surface area (Å²) in [7, 11) is -3.69. The van der Waals surface area contributed by atoms with Crippen LogP contribution in [0.5, 0.6) is 0 Å². The van der Waals surface area contributed by atoms with Crippen LogP contribution in [0.1, 0.15) is 30.8 Å². The van der Waals surface area contributed by atoms with Crippen LogP contribution in [0.3, 0.4) is 0 Å². The molecule has 1 unspecified atom stereocenters. The normalized spacial score (nSPS) is 12.9. The second-order valence-corrected chi connectivity index (χ2v) is 8.16. The molecule has 0 radical (unpaired) electrons. The number of hydrogen-bond acceptors (Lipinski definition) is 3. The molecule has 1 heterocycles. The average molecular weight is 390 g/mol. The van der Waals surface area contributed by atoms with Crippen molar-refractivity contribution in [3.8, 4) is 11.3 Å². The van der Waals surface area contributed by atoms with Gasteiger partial charge in [0.2, 0.25) is 10.0 Å². The molecule has 3 rings (SSSR count). The highest BCUT2D eigenvalue weighted by Crippen LogP contribution is 2.24. The van der Waals surface area contributed by atoms with Crippen molar-refractivity contribution in [2.45, 2.75) is 31.2 Å². The number of aryl methyl sites for hydroxylation is 1. The van der Waals surface area contributed by atoms with Gasteiger partial charge in [0, 0.05) is 5.02 Å². The van der Waals surface area contributed by atoms with E-state index >= 15 is 0 Å². The molecule has 0 saturated heterocycles. The first-order chi connectivity index (χ1) is 12.4. The monoisotopic (exact) mass is 389 g/mol. The lowest BCUT2D eigenvalue weighted by atomic mass is 10.2. The first-order valence-corrected chi connectivity index (χ1v) is 10.2. The Bertz CT molecular complexity index is 1000. The molecule has 1 atom stereocenters. The number of halogens is 1. The maximum Gasteiger partial charge on any atom is 0.241 e. The van der Waals surface area contributed by atoms with Crippen LogP contribution in [0.4, 0.5) is 0 Å². The van der Waals surface area contributed by atoms with E-state index in [1.807, 2.05) is 37.3 Å². The number of sulfonamides is 1. The van der Waals surface area contributed by atoms with Gasteiger partial charge in [-0.25, -0.2) is 18.1 Å². The molecule has 0 saturated carbocycles. The Morgan fingerprint density at radius 2 is 1.92 bits per heavy atom. The van der Waals surface area contributed by atoms with E-state index in [0.29, 0.717) is 22.8 Å². The molecule has 0 aliphatic heterocycles. The van der Waals surface area contributed by atoms with Crippen LogP contribution >= 0.6 is 11.6 Å². The smallest absolute Gasteiger partial charge is 0.241 e. The van der Waals surface area contributed by atoms with Crippen LogP contribution in [0.15, 0.2) is 59.6 Å². The summed E-state index contributed by atoms with van der Waals surface area (Å²) >= 11 is 5.93. The quantitative estimate of drug-likeness (QED) is 0.653. The van der Waals surface area contributed by atoms with Crippen LogP contribution in [-0.2, 0) is 10.0 Å². The van der Waals surface area contributed by atoms with Crippen molar-refractivity contribution < 1.29 is 8.42 Å². The molecule has 1 aromatic heterocycles. The van der Waals surface area contributed by atoms with E-state index in [9.17, 15) is 8.42 Å². The van der Waals surface area contributed by atoms with Gasteiger partial charge >= 0.3 is 0 Å². The number of hydrogen-bond donors (Lipinski definition) is 2. The van der Waals surface area contributed by atoms with Gasteiger partial charge in [-0.3, -0.25) is 0 Å². The summed E-state index contributed by atoms with van der Waals surface area (Å²) in [5.74, 6) is 0.585. The third kappa shape index (κ3) is 3.98. The Morgan fingerprint density at radius 1 is 1.19 bits per heavy atom. The van der Waals surface area contributed by atoms with E-state index in [2.05, 4.69) is 14.7 Å². The molecular formula is C19H20ClN3O2S. The van der Waals surface area contributed by atoms with Crippen LogP contribution in [-0.4, -0.2) is 18.4 Å².